The maximum absolute atomic E-state index is 12.9. The van der Waals surface area contributed by atoms with E-state index in [1.165, 1.54) is 12.1 Å². The van der Waals surface area contributed by atoms with E-state index in [1.54, 1.807) is 13.0 Å². The zero-order valence-electron chi connectivity index (χ0n) is 6.60. The summed E-state index contributed by atoms with van der Waals surface area (Å²) in [5, 5.41) is 0. The summed E-state index contributed by atoms with van der Waals surface area (Å²) in [5.74, 6) is 0.690. The number of Topliss-reactive ketones (excluding diaryl/α,β-unsaturated/α-hetero) is 1. The monoisotopic (exact) mass is 162 g/mol. The molecule has 0 spiro atoms. The van der Waals surface area contributed by atoms with E-state index in [0.29, 0.717) is 0 Å². The molecule has 1 aromatic carbocycles. The molecule has 12 heavy (non-hydrogen) atoms. The molecule has 0 unspecified atom stereocenters. The van der Waals surface area contributed by atoms with E-state index in [4.69, 9.17) is 6.42 Å². The van der Waals surface area contributed by atoms with Crippen LogP contribution in [0.4, 0.5) is 4.39 Å². The van der Waals surface area contributed by atoms with Crippen molar-refractivity contribution in [2.45, 2.75) is 6.92 Å². The normalized spacial score (nSPS) is 9.08. The van der Waals surface area contributed by atoms with Crippen LogP contribution in [-0.4, -0.2) is 5.78 Å². The van der Waals surface area contributed by atoms with E-state index in [9.17, 15) is 9.18 Å². The van der Waals surface area contributed by atoms with Gasteiger partial charge in [-0.2, -0.15) is 0 Å². The standard InChI is InChI=1S/C10H7FO/c1-3-10(12)8-6-7(2)4-5-9(8)11/h1,4-6H,2H3. The van der Waals surface area contributed by atoms with Crippen LogP contribution in [0.15, 0.2) is 18.2 Å². The van der Waals surface area contributed by atoms with Crippen LogP contribution in [0.2, 0.25) is 0 Å². The van der Waals surface area contributed by atoms with E-state index in [-0.39, 0.29) is 5.56 Å². The van der Waals surface area contributed by atoms with Crippen LogP contribution in [0.5, 0.6) is 0 Å². The molecule has 0 bridgehead atoms. The summed E-state index contributed by atoms with van der Waals surface area (Å²) in [6, 6.07) is 4.26. The summed E-state index contributed by atoms with van der Waals surface area (Å²) in [7, 11) is 0. The van der Waals surface area contributed by atoms with Gasteiger partial charge in [-0.05, 0) is 25.0 Å². The third kappa shape index (κ3) is 1.51. The van der Waals surface area contributed by atoms with Crippen molar-refractivity contribution >= 4 is 5.78 Å². The van der Waals surface area contributed by atoms with Crippen LogP contribution >= 0.6 is 0 Å². The molecule has 0 radical (unpaired) electrons. The van der Waals surface area contributed by atoms with Gasteiger partial charge in [-0.25, -0.2) is 4.39 Å². The average molecular weight is 162 g/mol. The van der Waals surface area contributed by atoms with Crippen molar-refractivity contribution in [3.63, 3.8) is 0 Å². The smallest absolute Gasteiger partial charge is 0.238 e. The first-order valence-electron chi connectivity index (χ1n) is 3.42. The highest BCUT2D eigenvalue weighted by Crippen LogP contribution is 2.09. The summed E-state index contributed by atoms with van der Waals surface area (Å²) in [5.41, 5.74) is 0.785. The molecule has 0 N–H and O–H groups in total. The van der Waals surface area contributed by atoms with E-state index < -0.39 is 11.6 Å². The quantitative estimate of drug-likeness (QED) is 0.350. The number of benzene rings is 1. The van der Waals surface area contributed by atoms with Gasteiger partial charge in [0.05, 0.1) is 5.56 Å². The van der Waals surface area contributed by atoms with Gasteiger partial charge in [0.1, 0.15) is 5.82 Å². The zero-order chi connectivity index (χ0) is 9.14. The fourth-order valence-corrected chi connectivity index (χ4v) is 0.891. The second kappa shape index (κ2) is 3.19. The highest BCUT2D eigenvalue weighted by molar-refractivity contribution is 6.08. The van der Waals surface area contributed by atoms with Gasteiger partial charge in [0.25, 0.3) is 0 Å². The van der Waals surface area contributed by atoms with Gasteiger partial charge in [0.2, 0.25) is 5.78 Å². The van der Waals surface area contributed by atoms with Crippen molar-refractivity contribution in [3.05, 3.63) is 35.1 Å². The molecule has 0 aliphatic rings. The Kier molecular flexibility index (Phi) is 2.25. The van der Waals surface area contributed by atoms with E-state index in [0.717, 1.165) is 5.56 Å². The van der Waals surface area contributed by atoms with Crippen molar-refractivity contribution in [1.29, 1.82) is 0 Å². The molecular formula is C10H7FO. The van der Waals surface area contributed by atoms with Gasteiger partial charge in [-0.1, -0.05) is 11.6 Å². The van der Waals surface area contributed by atoms with Gasteiger partial charge in [0.15, 0.2) is 0 Å². The minimum absolute atomic E-state index is 0.0301. The molecule has 0 atom stereocenters. The second-order valence-corrected chi connectivity index (χ2v) is 2.46. The van der Waals surface area contributed by atoms with Crippen molar-refractivity contribution in [1.82, 2.24) is 0 Å². The number of carbonyl (C=O) groups is 1. The van der Waals surface area contributed by atoms with E-state index >= 15 is 0 Å². The van der Waals surface area contributed by atoms with Crippen molar-refractivity contribution in [2.75, 3.05) is 0 Å². The predicted octanol–water partition coefficient (Wildman–Crippen LogP) is 1.95. The summed E-state index contributed by atoms with van der Waals surface area (Å²) in [6.45, 7) is 1.77. The second-order valence-electron chi connectivity index (χ2n) is 2.46. The summed E-state index contributed by atoms with van der Waals surface area (Å²) in [6.07, 6.45) is 4.86. The lowest BCUT2D eigenvalue weighted by atomic mass is 10.1. The third-order valence-corrected chi connectivity index (χ3v) is 1.50. The summed E-state index contributed by atoms with van der Waals surface area (Å²) >= 11 is 0. The van der Waals surface area contributed by atoms with Crippen molar-refractivity contribution in [2.24, 2.45) is 0 Å². The van der Waals surface area contributed by atoms with Crippen LogP contribution in [0.1, 0.15) is 15.9 Å². The Morgan fingerprint density at radius 1 is 1.58 bits per heavy atom. The molecule has 1 nitrogen and oxygen atoms in total. The molecule has 0 amide bonds. The average Bonchev–Trinajstić information content (AvgIpc) is 2.08. The first-order chi connectivity index (χ1) is 5.65. The molecule has 1 aromatic rings. The SMILES string of the molecule is C#CC(=O)c1cc(C)ccc1F. The molecule has 0 aliphatic carbocycles. The van der Waals surface area contributed by atoms with Crippen LogP contribution in [0.25, 0.3) is 0 Å². The first kappa shape index (κ1) is 8.48. The fourth-order valence-electron chi connectivity index (χ4n) is 0.891. The molecule has 0 saturated heterocycles. The maximum atomic E-state index is 12.9. The number of hydrogen-bond acceptors (Lipinski definition) is 1. The molecule has 0 heterocycles. The number of hydrogen-bond donors (Lipinski definition) is 0. The van der Waals surface area contributed by atoms with Gasteiger partial charge in [0, 0.05) is 0 Å². The highest BCUT2D eigenvalue weighted by Gasteiger charge is 2.08. The van der Waals surface area contributed by atoms with E-state index in [2.05, 4.69) is 0 Å². The Bertz CT molecular complexity index is 361. The molecule has 0 aromatic heterocycles. The lowest BCUT2D eigenvalue weighted by Crippen LogP contribution is -1.98. The molecule has 0 aliphatic heterocycles. The first-order valence-corrected chi connectivity index (χ1v) is 3.42. The summed E-state index contributed by atoms with van der Waals surface area (Å²) < 4.78 is 12.9. The number of rotatable bonds is 1. The van der Waals surface area contributed by atoms with Crippen LogP contribution in [-0.2, 0) is 0 Å². The number of terminal acetylenes is 1. The molecule has 2 heteroatoms. The molecule has 60 valence electrons. The van der Waals surface area contributed by atoms with Crippen molar-refractivity contribution in [3.8, 4) is 12.3 Å². The number of carbonyl (C=O) groups excluding carboxylic acids is 1. The zero-order valence-corrected chi connectivity index (χ0v) is 6.60. The van der Waals surface area contributed by atoms with Crippen LogP contribution < -0.4 is 0 Å². The minimum Gasteiger partial charge on any atom is -0.279 e. The number of halogens is 1. The van der Waals surface area contributed by atoms with Gasteiger partial charge < -0.3 is 0 Å². The van der Waals surface area contributed by atoms with Gasteiger partial charge >= 0.3 is 0 Å². The Labute approximate surface area is 70.2 Å². The Hall–Kier alpha value is -1.62. The molecule has 1 rings (SSSR count). The maximum Gasteiger partial charge on any atom is 0.238 e. The minimum atomic E-state index is -0.615. The van der Waals surface area contributed by atoms with Gasteiger partial charge in [-0.15, -0.1) is 6.42 Å². The van der Waals surface area contributed by atoms with Crippen LogP contribution in [0.3, 0.4) is 0 Å². The lowest BCUT2D eigenvalue weighted by Gasteiger charge is -1.97. The highest BCUT2D eigenvalue weighted by atomic mass is 19.1. The number of ketones is 1. The topological polar surface area (TPSA) is 17.1 Å². The number of aryl methyl sites for hydroxylation is 1. The van der Waals surface area contributed by atoms with Gasteiger partial charge in [-0.3, -0.25) is 4.79 Å². The Balaban J connectivity index is 3.25. The molecule has 0 fully saturated rings. The van der Waals surface area contributed by atoms with Crippen LogP contribution in [0, 0.1) is 25.1 Å². The fraction of sp³-hybridized carbons (Fsp3) is 0.100. The third-order valence-electron chi connectivity index (χ3n) is 1.50. The Morgan fingerprint density at radius 3 is 2.83 bits per heavy atom. The molecule has 0 saturated carbocycles. The Morgan fingerprint density at radius 2 is 2.25 bits per heavy atom. The summed E-state index contributed by atoms with van der Waals surface area (Å²) in [4.78, 5) is 10.9. The van der Waals surface area contributed by atoms with Crippen molar-refractivity contribution < 1.29 is 9.18 Å². The largest absolute Gasteiger partial charge is 0.279 e. The predicted molar refractivity (Wildman–Crippen MR) is 44.3 cm³/mol. The van der Waals surface area contributed by atoms with E-state index in [1.807, 2.05) is 5.92 Å². The molecular weight excluding hydrogens is 155 g/mol. The lowest BCUT2D eigenvalue weighted by molar-refractivity contribution is 0.105.